The number of nitrogens with zero attached hydrogens (tertiary/aromatic N) is 1. The van der Waals surface area contributed by atoms with Gasteiger partial charge in [0.05, 0.1) is 25.0 Å². The molecule has 1 fully saturated rings. The van der Waals surface area contributed by atoms with E-state index in [1.807, 2.05) is 13.8 Å². The molecule has 1 aliphatic rings. The number of ether oxygens (including phenoxy) is 1. The van der Waals surface area contributed by atoms with E-state index >= 15 is 0 Å². The number of methoxy groups -OCH3 is 1. The van der Waals surface area contributed by atoms with Gasteiger partial charge >= 0.3 is 5.97 Å². The molecular weight excluding hydrogens is 298 g/mol. The maximum absolute atomic E-state index is 12.3. The zero-order valence-corrected chi connectivity index (χ0v) is 13.6. The molecule has 1 saturated carbocycles. The van der Waals surface area contributed by atoms with Crippen molar-refractivity contribution < 1.29 is 17.9 Å². The van der Waals surface area contributed by atoms with E-state index in [1.165, 1.54) is 18.4 Å². The smallest absolute Gasteiger partial charge is 0.306 e. The first-order chi connectivity index (χ1) is 9.25. The minimum atomic E-state index is -3.25. The van der Waals surface area contributed by atoms with Crippen LogP contribution in [0.1, 0.15) is 34.8 Å². The Morgan fingerprint density at radius 2 is 2.05 bits per heavy atom. The third-order valence-electron chi connectivity index (χ3n) is 3.65. The van der Waals surface area contributed by atoms with Gasteiger partial charge in [0.2, 0.25) is 0 Å². The summed E-state index contributed by atoms with van der Waals surface area (Å²) >= 11 is 1.42. The van der Waals surface area contributed by atoms with E-state index in [1.54, 1.807) is 0 Å². The van der Waals surface area contributed by atoms with E-state index in [0.29, 0.717) is 5.01 Å². The van der Waals surface area contributed by atoms with Crippen LogP contribution in [0.2, 0.25) is 0 Å². The van der Waals surface area contributed by atoms with Gasteiger partial charge in [0.25, 0.3) is 0 Å². The highest BCUT2D eigenvalue weighted by Gasteiger charge is 2.47. The molecule has 1 aliphatic carbocycles. The molecule has 0 aliphatic heterocycles. The quantitative estimate of drug-likeness (QED) is 0.751. The van der Waals surface area contributed by atoms with Crippen LogP contribution < -0.4 is 0 Å². The minimum absolute atomic E-state index is 0.0325. The second-order valence-corrected chi connectivity index (χ2v) is 8.89. The first-order valence-electron chi connectivity index (χ1n) is 6.45. The van der Waals surface area contributed by atoms with E-state index in [9.17, 15) is 13.2 Å². The number of carbonyl (C=O) groups is 1. The summed E-state index contributed by atoms with van der Waals surface area (Å²) in [5, 5.41) is 0.633. The Morgan fingerprint density at radius 1 is 1.40 bits per heavy atom. The lowest BCUT2D eigenvalue weighted by Gasteiger charge is -2.13. The van der Waals surface area contributed by atoms with Gasteiger partial charge < -0.3 is 4.74 Å². The first-order valence-corrected chi connectivity index (χ1v) is 9.09. The maximum Gasteiger partial charge on any atom is 0.306 e. The first kappa shape index (κ1) is 15.4. The zero-order chi connectivity index (χ0) is 15.0. The van der Waals surface area contributed by atoms with Crippen LogP contribution in [-0.4, -0.2) is 32.2 Å². The molecule has 0 saturated heterocycles. The molecule has 0 aromatic carbocycles. The van der Waals surface area contributed by atoms with Crippen molar-refractivity contribution in [1.29, 1.82) is 0 Å². The largest absolute Gasteiger partial charge is 0.469 e. The summed E-state index contributed by atoms with van der Waals surface area (Å²) in [4.78, 5) is 16.7. The van der Waals surface area contributed by atoms with Gasteiger partial charge in [-0.1, -0.05) is 0 Å². The summed E-state index contributed by atoms with van der Waals surface area (Å²) in [5.41, 5.74) is 0.490. The Bertz CT molecular complexity index is 595. The van der Waals surface area contributed by atoms with Crippen molar-refractivity contribution in [3.05, 3.63) is 15.6 Å². The molecule has 0 amide bonds. The number of hydrogen-bond acceptors (Lipinski definition) is 6. The molecule has 1 aromatic heterocycles. The molecule has 0 N–H and O–H groups in total. The molecule has 7 heteroatoms. The van der Waals surface area contributed by atoms with Gasteiger partial charge in [-0.25, -0.2) is 13.4 Å². The van der Waals surface area contributed by atoms with Gasteiger partial charge in [-0.3, -0.25) is 4.79 Å². The number of hydrogen-bond donors (Lipinski definition) is 0. The van der Waals surface area contributed by atoms with Crippen molar-refractivity contribution in [2.75, 3.05) is 12.9 Å². The SMILES string of the molecule is COC(=O)CC1(CS(=O)(=O)Cc2nc(C)c(C)s2)CC1. The highest BCUT2D eigenvalue weighted by atomic mass is 32.2. The predicted octanol–water partition coefficient (Wildman–Crippen LogP) is 2.02. The van der Waals surface area contributed by atoms with E-state index < -0.39 is 15.3 Å². The van der Waals surface area contributed by atoms with E-state index in [-0.39, 0.29) is 23.9 Å². The molecule has 1 heterocycles. The van der Waals surface area contributed by atoms with Gasteiger partial charge in [-0.05, 0) is 32.1 Å². The maximum atomic E-state index is 12.3. The topological polar surface area (TPSA) is 73.3 Å². The van der Waals surface area contributed by atoms with Crippen molar-refractivity contribution in [1.82, 2.24) is 4.98 Å². The highest BCUT2D eigenvalue weighted by Crippen LogP contribution is 2.50. The lowest BCUT2D eigenvalue weighted by Crippen LogP contribution is -2.22. The molecule has 20 heavy (non-hydrogen) atoms. The predicted molar refractivity (Wildman–Crippen MR) is 77.4 cm³/mol. The molecule has 0 radical (unpaired) electrons. The van der Waals surface area contributed by atoms with Gasteiger partial charge in [0.15, 0.2) is 9.84 Å². The molecule has 112 valence electrons. The number of rotatable bonds is 6. The molecule has 0 bridgehead atoms. The number of sulfone groups is 1. The Hall–Kier alpha value is -0.950. The Morgan fingerprint density at radius 3 is 2.50 bits per heavy atom. The fourth-order valence-corrected chi connectivity index (χ4v) is 5.60. The van der Waals surface area contributed by atoms with E-state index in [2.05, 4.69) is 9.72 Å². The van der Waals surface area contributed by atoms with Gasteiger partial charge in [-0.2, -0.15) is 0 Å². The third-order valence-corrected chi connectivity index (χ3v) is 6.67. The summed E-state index contributed by atoms with van der Waals surface area (Å²) in [6.45, 7) is 3.81. The van der Waals surface area contributed by atoms with Gasteiger partial charge in [0.1, 0.15) is 10.8 Å². The van der Waals surface area contributed by atoms with Crippen molar-refractivity contribution in [2.24, 2.45) is 5.41 Å². The molecule has 0 spiro atoms. The minimum Gasteiger partial charge on any atom is -0.469 e. The van der Waals surface area contributed by atoms with Crippen molar-refractivity contribution >= 4 is 27.1 Å². The average Bonchev–Trinajstić information content (AvgIpc) is 2.98. The van der Waals surface area contributed by atoms with Crippen LogP contribution in [0, 0.1) is 19.3 Å². The molecule has 2 rings (SSSR count). The van der Waals surface area contributed by atoms with Crippen molar-refractivity contribution in [2.45, 2.75) is 38.9 Å². The number of esters is 1. The van der Waals surface area contributed by atoms with Crippen LogP contribution in [0.5, 0.6) is 0 Å². The number of thiazole rings is 1. The van der Waals surface area contributed by atoms with Crippen LogP contribution in [0.4, 0.5) is 0 Å². The third kappa shape index (κ3) is 3.79. The molecule has 0 atom stereocenters. The highest BCUT2D eigenvalue weighted by molar-refractivity contribution is 7.90. The fourth-order valence-electron chi connectivity index (χ4n) is 2.23. The molecule has 0 unspecified atom stereocenters. The lowest BCUT2D eigenvalue weighted by atomic mass is 10.1. The summed E-state index contributed by atoms with van der Waals surface area (Å²) < 4.78 is 29.2. The van der Waals surface area contributed by atoms with Crippen LogP contribution in [0.25, 0.3) is 0 Å². The summed E-state index contributed by atoms with van der Waals surface area (Å²) in [6.07, 6.45) is 1.74. The summed E-state index contributed by atoms with van der Waals surface area (Å²) in [6, 6.07) is 0. The Labute approximate surface area is 123 Å². The normalized spacial score (nSPS) is 16.9. The van der Waals surface area contributed by atoms with E-state index in [0.717, 1.165) is 23.4 Å². The van der Waals surface area contributed by atoms with Crippen molar-refractivity contribution in [3.63, 3.8) is 0 Å². The standard InChI is InChI=1S/C13H19NO4S2/c1-9-10(2)19-11(14-9)7-20(16,17)8-13(4-5-13)6-12(15)18-3/h4-8H2,1-3H3. The summed E-state index contributed by atoms with van der Waals surface area (Å²) in [5.74, 6) is -0.319. The van der Waals surface area contributed by atoms with Crippen LogP contribution in [0.15, 0.2) is 0 Å². The van der Waals surface area contributed by atoms with Crippen LogP contribution >= 0.6 is 11.3 Å². The van der Waals surface area contributed by atoms with Gasteiger partial charge in [0, 0.05) is 4.88 Å². The van der Waals surface area contributed by atoms with Crippen molar-refractivity contribution in [3.8, 4) is 0 Å². The number of carbonyl (C=O) groups excluding carboxylic acids is 1. The Kier molecular flexibility index (Phi) is 4.20. The second-order valence-electron chi connectivity index (χ2n) is 5.53. The van der Waals surface area contributed by atoms with Gasteiger partial charge in [-0.15, -0.1) is 11.3 Å². The lowest BCUT2D eigenvalue weighted by molar-refractivity contribution is -0.141. The van der Waals surface area contributed by atoms with Crippen LogP contribution in [0.3, 0.4) is 0 Å². The molecule has 5 nitrogen and oxygen atoms in total. The summed E-state index contributed by atoms with van der Waals surface area (Å²) in [7, 11) is -1.92. The zero-order valence-electron chi connectivity index (χ0n) is 11.9. The van der Waals surface area contributed by atoms with E-state index in [4.69, 9.17) is 0 Å². The molecule has 1 aromatic rings. The molecular formula is C13H19NO4S2. The Balaban J connectivity index is 2.02. The second kappa shape index (κ2) is 5.44. The fraction of sp³-hybridized carbons (Fsp3) is 0.692. The number of aromatic nitrogens is 1. The average molecular weight is 317 g/mol. The number of aryl methyl sites for hydroxylation is 2. The monoisotopic (exact) mass is 317 g/mol. The van der Waals surface area contributed by atoms with Crippen LogP contribution in [-0.2, 0) is 25.1 Å².